The van der Waals surface area contributed by atoms with Crippen LogP contribution in [0.4, 0.5) is 0 Å². The summed E-state index contributed by atoms with van der Waals surface area (Å²) in [6, 6.07) is 5.92. The van der Waals surface area contributed by atoms with Gasteiger partial charge in [0.25, 0.3) is 0 Å². The molecule has 0 aliphatic heterocycles. The van der Waals surface area contributed by atoms with Gasteiger partial charge in [0.2, 0.25) is 0 Å². The van der Waals surface area contributed by atoms with Gasteiger partial charge < -0.3 is 14.0 Å². The van der Waals surface area contributed by atoms with Gasteiger partial charge in [0.05, 0.1) is 12.2 Å². The lowest BCUT2D eigenvalue weighted by Gasteiger charge is -2.19. The monoisotopic (exact) mass is 335 g/mol. The molecule has 0 fully saturated rings. The van der Waals surface area contributed by atoms with Gasteiger partial charge >= 0.3 is 0 Å². The van der Waals surface area contributed by atoms with E-state index in [1.54, 1.807) is 11.3 Å². The number of ether oxygens (including phenoxy) is 2. The van der Waals surface area contributed by atoms with Crippen molar-refractivity contribution in [1.82, 2.24) is 4.57 Å². The van der Waals surface area contributed by atoms with Crippen LogP contribution in [0.1, 0.15) is 41.2 Å². The van der Waals surface area contributed by atoms with Crippen molar-refractivity contribution < 1.29 is 14.3 Å². The molecule has 0 radical (unpaired) electrons. The molecular weight excluding hydrogens is 310 g/mol. The second-order valence-corrected chi connectivity index (χ2v) is 6.40. The molecule has 5 heteroatoms. The van der Waals surface area contributed by atoms with Gasteiger partial charge in [-0.2, -0.15) is 0 Å². The SMILES string of the molecule is CCOC(Cn1cccc1C(=O)CCc1cc(C)cs1)OCC. The number of rotatable bonds is 10. The minimum Gasteiger partial charge on any atom is -0.351 e. The van der Waals surface area contributed by atoms with Gasteiger partial charge in [-0.1, -0.05) is 0 Å². The van der Waals surface area contributed by atoms with E-state index in [1.807, 2.05) is 36.7 Å². The number of nitrogens with zero attached hydrogens (tertiary/aromatic N) is 1. The summed E-state index contributed by atoms with van der Waals surface area (Å²) in [6.07, 6.45) is 2.91. The van der Waals surface area contributed by atoms with E-state index < -0.39 is 0 Å². The Morgan fingerprint density at radius 1 is 1.30 bits per heavy atom. The minimum absolute atomic E-state index is 0.160. The quantitative estimate of drug-likeness (QED) is 0.485. The lowest BCUT2D eigenvalue weighted by atomic mass is 10.1. The van der Waals surface area contributed by atoms with Crippen LogP contribution in [0.5, 0.6) is 0 Å². The zero-order valence-corrected chi connectivity index (χ0v) is 14.9. The minimum atomic E-state index is -0.316. The number of thiophene rings is 1. The maximum Gasteiger partial charge on any atom is 0.179 e. The molecule has 2 rings (SSSR count). The summed E-state index contributed by atoms with van der Waals surface area (Å²) in [5.41, 5.74) is 1.99. The second-order valence-electron chi connectivity index (χ2n) is 5.40. The highest BCUT2D eigenvalue weighted by atomic mass is 32.1. The molecule has 0 aliphatic carbocycles. The lowest BCUT2D eigenvalue weighted by molar-refractivity contribution is -0.143. The van der Waals surface area contributed by atoms with Crippen LogP contribution in [-0.4, -0.2) is 29.9 Å². The van der Waals surface area contributed by atoms with Crippen LogP contribution in [0.3, 0.4) is 0 Å². The predicted octanol–water partition coefficient (Wildman–Crippen LogP) is 4.07. The molecule has 0 aliphatic rings. The van der Waals surface area contributed by atoms with E-state index in [1.165, 1.54) is 10.4 Å². The maximum atomic E-state index is 12.5. The average molecular weight is 335 g/mol. The first kappa shape index (κ1) is 17.9. The summed E-state index contributed by atoms with van der Waals surface area (Å²) < 4.78 is 13.1. The molecule has 0 spiro atoms. The van der Waals surface area contributed by atoms with Gasteiger partial charge in [0.1, 0.15) is 0 Å². The molecule has 0 saturated heterocycles. The molecule has 2 aromatic heterocycles. The molecule has 2 aromatic rings. The van der Waals surface area contributed by atoms with E-state index in [9.17, 15) is 4.79 Å². The molecular formula is C18H25NO3S. The van der Waals surface area contributed by atoms with Crippen LogP contribution in [0.25, 0.3) is 0 Å². The Balaban J connectivity index is 1.97. The van der Waals surface area contributed by atoms with E-state index in [0.717, 1.165) is 12.1 Å². The van der Waals surface area contributed by atoms with E-state index in [4.69, 9.17) is 9.47 Å². The number of aryl methyl sites for hydroxylation is 2. The molecule has 126 valence electrons. The van der Waals surface area contributed by atoms with Crippen molar-refractivity contribution in [3.63, 3.8) is 0 Å². The van der Waals surface area contributed by atoms with E-state index in [2.05, 4.69) is 18.4 Å². The van der Waals surface area contributed by atoms with Gasteiger partial charge in [-0.05, 0) is 56.3 Å². The van der Waals surface area contributed by atoms with Crippen molar-refractivity contribution in [2.45, 2.75) is 46.4 Å². The molecule has 0 atom stereocenters. The fourth-order valence-electron chi connectivity index (χ4n) is 2.50. The first-order chi connectivity index (χ1) is 11.1. The van der Waals surface area contributed by atoms with Crippen LogP contribution in [-0.2, 0) is 22.4 Å². The predicted molar refractivity (Wildman–Crippen MR) is 93.2 cm³/mol. The topological polar surface area (TPSA) is 40.5 Å². The number of carbonyl (C=O) groups excluding carboxylic acids is 1. The number of hydrogen-bond donors (Lipinski definition) is 0. The highest BCUT2D eigenvalue weighted by molar-refractivity contribution is 7.10. The first-order valence-corrected chi connectivity index (χ1v) is 8.97. The Hall–Kier alpha value is -1.43. The third kappa shape index (κ3) is 5.30. The Morgan fingerprint density at radius 2 is 2.04 bits per heavy atom. The second kappa shape index (κ2) is 9.01. The van der Waals surface area contributed by atoms with Crippen LogP contribution < -0.4 is 0 Å². The molecule has 4 nitrogen and oxygen atoms in total. The number of carbonyl (C=O) groups is 1. The highest BCUT2D eigenvalue weighted by Crippen LogP contribution is 2.17. The average Bonchev–Trinajstić information content (AvgIpc) is 3.14. The smallest absolute Gasteiger partial charge is 0.179 e. The first-order valence-electron chi connectivity index (χ1n) is 8.09. The number of hydrogen-bond acceptors (Lipinski definition) is 4. The molecule has 2 heterocycles. The largest absolute Gasteiger partial charge is 0.351 e. The molecule has 0 aromatic carbocycles. The Bertz CT molecular complexity index is 611. The standard InChI is InChI=1S/C18H25NO3S/c1-4-21-18(22-5-2)12-19-10-6-7-16(19)17(20)9-8-15-11-14(3)13-23-15/h6-7,10-11,13,18H,4-5,8-9,12H2,1-3H3. The summed E-state index contributed by atoms with van der Waals surface area (Å²) in [4.78, 5) is 13.8. The summed E-state index contributed by atoms with van der Waals surface area (Å²) in [7, 11) is 0. The maximum absolute atomic E-state index is 12.5. The highest BCUT2D eigenvalue weighted by Gasteiger charge is 2.15. The number of aromatic nitrogens is 1. The van der Waals surface area contributed by atoms with Crippen LogP contribution >= 0.6 is 11.3 Å². The van der Waals surface area contributed by atoms with Gasteiger partial charge in [0.15, 0.2) is 12.1 Å². The zero-order chi connectivity index (χ0) is 16.7. The summed E-state index contributed by atoms with van der Waals surface area (Å²) in [5.74, 6) is 0.160. The van der Waals surface area contributed by atoms with Crippen molar-refractivity contribution in [3.8, 4) is 0 Å². The fourth-order valence-corrected chi connectivity index (χ4v) is 3.38. The molecule has 0 N–H and O–H groups in total. The van der Waals surface area contributed by atoms with Crippen LogP contribution in [0, 0.1) is 6.92 Å². The number of Topliss-reactive ketones (excluding diaryl/α,β-unsaturated/α-hetero) is 1. The fraction of sp³-hybridized carbons (Fsp3) is 0.500. The van der Waals surface area contributed by atoms with Crippen molar-refractivity contribution in [1.29, 1.82) is 0 Å². The normalized spacial score (nSPS) is 11.3. The van der Waals surface area contributed by atoms with Crippen LogP contribution in [0.2, 0.25) is 0 Å². The van der Waals surface area contributed by atoms with E-state index >= 15 is 0 Å². The van der Waals surface area contributed by atoms with E-state index in [0.29, 0.717) is 26.2 Å². The van der Waals surface area contributed by atoms with Crippen molar-refractivity contribution >= 4 is 17.1 Å². The Morgan fingerprint density at radius 3 is 2.65 bits per heavy atom. The Kier molecular flexibility index (Phi) is 7.02. The third-order valence-electron chi connectivity index (χ3n) is 3.55. The summed E-state index contributed by atoms with van der Waals surface area (Å²) in [6.45, 7) is 7.68. The molecule has 23 heavy (non-hydrogen) atoms. The summed E-state index contributed by atoms with van der Waals surface area (Å²) in [5, 5.41) is 2.12. The lowest BCUT2D eigenvalue weighted by Crippen LogP contribution is -2.25. The van der Waals surface area contributed by atoms with Crippen molar-refractivity contribution in [2.24, 2.45) is 0 Å². The zero-order valence-electron chi connectivity index (χ0n) is 14.1. The van der Waals surface area contributed by atoms with Crippen LogP contribution in [0.15, 0.2) is 29.8 Å². The summed E-state index contributed by atoms with van der Waals surface area (Å²) >= 11 is 1.72. The molecule has 0 unspecified atom stereocenters. The Labute approximate surface area is 142 Å². The van der Waals surface area contributed by atoms with Gasteiger partial charge in [0, 0.05) is 30.7 Å². The molecule has 0 bridgehead atoms. The van der Waals surface area contributed by atoms with Gasteiger partial charge in [-0.3, -0.25) is 4.79 Å². The molecule has 0 saturated carbocycles. The van der Waals surface area contributed by atoms with E-state index in [-0.39, 0.29) is 12.1 Å². The molecule has 0 amide bonds. The third-order valence-corrected chi connectivity index (χ3v) is 4.66. The van der Waals surface area contributed by atoms with Crippen molar-refractivity contribution in [3.05, 3.63) is 45.9 Å². The van der Waals surface area contributed by atoms with Crippen molar-refractivity contribution in [2.75, 3.05) is 13.2 Å². The number of ketones is 1. The van der Waals surface area contributed by atoms with Gasteiger partial charge in [-0.25, -0.2) is 0 Å². The van der Waals surface area contributed by atoms with Gasteiger partial charge in [-0.15, -0.1) is 11.3 Å².